The quantitative estimate of drug-likeness (QED) is 0.571. The van der Waals surface area contributed by atoms with Crippen molar-refractivity contribution in [3.05, 3.63) is 93.8 Å². The molecule has 0 aliphatic rings. The maximum absolute atomic E-state index is 12.5. The largest absolute Gasteiger partial charge is 0.465 e. The van der Waals surface area contributed by atoms with Crippen LogP contribution in [0.4, 0.5) is 0 Å². The van der Waals surface area contributed by atoms with Crippen LogP contribution in [0.3, 0.4) is 0 Å². The lowest BCUT2D eigenvalue weighted by Gasteiger charge is -2.12. The molecule has 0 unspecified atom stereocenters. The van der Waals surface area contributed by atoms with Gasteiger partial charge in [0, 0.05) is 10.9 Å². The molecular formula is C22H17NO3. The molecule has 1 heterocycles. The third-order valence-electron chi connectivity index (χ3n) is 4.61. The molecule has 4 rings (SSSR count). The number of rotatable bonds is 3. The summed E-state index contributed by atoms with van der Waals surface area (Å²) in [7, 11) is 1.29. The first-order valence-electron chi connectivity index (χ1n) is 8.37. The van der Waals surface area contributed by atoms with E-state index in [0.29, 0.717) is 17.5 Å². The Kier molecular flexibility index (Phi) is 4.01. The number of aromatic nitrogens is 1. The zero-order valence-electron chi connectivity index (χ0n) is 14.3. The number of carbonyl (C=O) groups is 1. The number of para-hydroxylation sites is 1. The molecule has 0 spiro atoms. The Labute approximate surface area is 150 Å². The van der Waals surface area contributed by atoms with Crippen LogP contribution in [0.25, 0.3) is 21.7 Å². The van der Waals surface area contributed by atoms with Crippen molar-refractivity contribution in [2.45, 2.75) is 6.42 Å². The molecule has 26 heavy (non-hydrogen) atoms. The SMILES string of the molecule is COC(=O)c1c(Cc2ccc3ccccc3c2)c2ccccc2[nH]c1=O. The van der Waals surface area contributed by atoms with E-state index in [1.807, 2.05) is 42.5 Å². The van der Waals surface area contributed by atoms with Crippen LogP contribution in [0.1, 0.15) is 21.5 Å². The predicted octanol–water partition coefficient (Wildman–Crippen LogP) is 4.06. The van der Waals surface area contributed by atoms with Gasteiger partial charge in [0.15, 0.2) is 0 Å². The van der Waals surface area contributed by atoms with Gasteiger partial charge in [0.2, 0.25) is 0 Å². The second kappa shape index (κ2) is 6.48. The first-order chi connectivity index (χ1) is 12.7. The Morgan fingerprint density at radius 3 is 2.50 bits per heavy atom. The van der Waals surface area contributed by atoms with Crippen molar-refractivity contribution in [2.24, 2.45) is 0 Å². The number of aromatic amines is 1. The van der Waals surface area contributed by atoms with Gasteiger partial charge < -0.3 is 9.72 Å². The molecule has 128 valence electrons. The number of methoxy groups -OCH3 is 1. The summed E-state index contributed by atoms with van der Waals surface area (Å²) in [5, 5.41) is 3.12. The first-order valence-corrected chi connectivity index (χ1v) is 8.37. The fourth-order valence-corrected chi connectivity index (χ4v) is 3.37. The Hall–Kier alpha value is -3.40. The number of H-pyrrole nitrogens is 1. The highest BCUT2D eigenvalue weighted by molar-refractivity contribution is 5.97. The maximum atomic E-state index is 12.5. The van der Waals surface area contributed by atoms with Gasteiger partial charge in [-0.25, -0.2) is 4.79 Å². The fraction of sp³-hybridized carbons (Fsp3) is 0.0909. The van der Waals surface area contributed by atoms with Gasteiger partial charge in [-0.2, -0.15) is 0 Å². The number of hydrogen-bond donors (Lipinski definition) is 1. The normalized spacial score (nSPS) is 11.0. The van der Waals surface area contributed by atoms with Gasteiger partial charge in [0.05, 0.1) is 7.11 Å². The first kappa shape index (κ1) is 16.1. The van der Waals surface area contributed by atoms with Gasteiger partial charge in [-0.05, 0) is 34.4 Å². The number of hydrogen-bond acceptors (Lipinski definition) is 3. The lowest BCUT2D eigenvalue weighted by atomic mass is 9.95. The van der Waals surface area contributed by atoms with E-state index in [0.717, 1.165) is 21.7 Å². The highest BCUT2D eigenvalue weighted by Gasteiger charge is 2.20. The number of esters is 1. The van der Waals surface area contributed by atoms with Crippen LogP contribution in [0, 0.1) is 0 Å². The molecule has 4 nitrogen and oxygen atoms in total. The summed E-state index contributed by atoms with van der Waals surface area (Å²) in [6.45, 7) is 0. The minimum atomic E-state index is -0.618. The highest BCUT2D eigenvalue weighted by Crippen LogP contribution is 2.24. The van der Waals surface area contributed by atoms with E-state index in [1.165, 1.54) is 7.11 Å². The molecule has 0 amide bonds. The number of fused-ring (bicyclic) bond motifs is 2. The minimum Gasteiger partial charge on any atom is -0.465 e. The summed E-state index contributed by atoms with van der Waals surface area (Å²) in [6.07, 6.45) is 0.472. The standard InChI is InChI=1S/C22H17NO3/c1-26-22(25)20-18(17-8-4-5-9-19(17)23-21(20)24)13-14-10-11-15-6-2-3-7-16(15)12-14/h2-12H,13H2,1H3,(H,23,24). The summed E-state index contributed by atoms with van der Waals surface area (Å²) in [5.74, 6) is -0.618. The fourth-order valence-electron chi connectivity index (χ4n) is 3.37. The smallest absolute Gasteiger partial charge is 0.343 e. The van der Waals surface area contributed by atoms with Crippen LogP contribution in [0.5, 0.6) is 0 Å². The molecule has 0 bridgehead atoms. The van der Waals surface area contributed by atoms with E-state index in [4.69, 9.17) is 4.74 Å². The average Bonchev–Trinajstić information content (AvgIpc) is 2.67. The highest BCUT2D eigenvalue weighted by atomic mass is 16.5. The van der Waals surface area contributed by atoms with E-state index in [2.05, 4.69) is 29.2 Å². The third-order valence-corrected chi connectivity index (χ3v) is 4.61. The Bertz CT molecular complexity index is 1190. The van der Waals surface area contributed by atoms with Crippen molar-refractivity contribution in [1.82, 2.24) is 4.98 Å². The minimum absolute atomic E-state index is 0.0689. The molecule has 0 saturated heterocycles. The topological polar surface area (TPSA) is 59.2 Å². The van der Waals surface area contributed by atoms with Crippen molar-refractivity contribution >= 4 is 27.6 Å². The van der Waals surface area contributed by atoms with Gasteiger partial charge in [-0.3, -0.25) is 4.79 Å². The Morgan fingerprint density at radius 1 is 0.962 bits per heavy atom. The predicted molar refractivity (Wildman–Crippen MR) is 103 cm³/mol. The summed E-state index contributed by atoms with van der Waals surface area (Å²) in [5.41, 5.74) is 2.07. The molecule has 1 aromatic heterocycles. The number of benzene rings is 3. The van der Waals surface area contributed by atoms with Crippen molar-refractivity contribution in [2.75, 3.05) is 7.11 Å². The van der Waals surface area contributed by atoms with Crippen LogP contribution in [0.15, 0.2) is 71.5 Å². The molecule has 0 saturated carbocycles. The molecule has 4 aromatic rings. The molecule has 0 radical (unpaired) electrons. The van der Waals surface area contributed by atoms with Crippen molar-refractivity contribution in [3.8, 4) is 0 Å². The van der Waals surface area contributed by atoms with Gasteiger partial charge >= 0.3 is 5.97 Å². The second-order valence-corrected chi connectivity index (χ2v) is 6.20. The van der Waals surface area contributed by atoms with Crippen LogP contribution < -0.4 is 5.56 Å². The molecule has 3 aromatic carbocycles. The lowest BCUT2D eigenvalue weighted by Crippen LogP contribution is -2.22. The van der Waals surface area contributed by atoms with Crippen LogP contribution >= 0.6 is 0 Å². The Balaban J connectivity index is 1.93. The summed E-state index contributed by atoms with van der Waals surface area (Å²) < 4.78 is 4.86. The average molecular weight is 343 g/mol. The molecular weight excluding hydrogens is 326 g/mol. The van der Waals surface area contributed by atoms with Gasteiger partial charge in [0.1, 0.15) is 5.56 Å². The zero-order chi connectivity index (χ0) is 18.1. The van der Waals surface area contributed by atoms with Crippen LogP contribution in [-0.2, 0) is 11.2 Å². The van der Waals surface area contributed by atoms with Crippen LogP contribution in [0.2, 0.25) is 0 Å². The number of nitrogens with one attached hydrogen (secondary N) is 1. The lowest BCUT2D eigenvalue weighted by molar-refractivity contribution is 0.0598. The Morgan fingerprint density at radius 2 is 1.69 bits per heavy atom. The summed E-state index contributed by atoms with van der Waals surface area (Å²) in [4.78, 5) is 27.5. The van der Waals surface area contributed by atoms with Crippen molar-refractivity contribution < 1.29 is 9.53 Å². The summed E-state index contributed by atoms with van der Waals surface area (Å²) >= 11 is 0. The molecule has 0 atom stereocenters. The van der Waals surface area contributed by atoms with E-state index < -0.39 is 11.5 Å². The van der Waals surface area contributed by atoms with Crippen LogP contribution in [-0.4, -0.2) is 18.1 Å². The molecule has 0 fully saturated rings. The van der Waals surface area contributed by atoms with E-state index >= 15 is 0 Å². The molecule has 0 aliphatic carbocycles. The van der Waals surface area contributed by atoms with Gasteiger partial charge in [-0.15, -0.1) is 0 Å². The van der Waals surface area contributed by atoms with E-state index in [9.17, 15) is 9.59 Å². The van der Waals surface area contributed by atoms with E-state index in [-0.39, 0.29) is 5.56 Å². The molecule has 0 aliphatic heterocycles. The summed E-state index contributed by atoms with van der Waals surface area (Å²) in [6, 6.07) is 21.8. The zero-order valence-corrected chi connectivity index (χ0v) is 14.3. The van der Waals surface area contributed by atoms with Crippen molar-refractivity contribution in [3.63, 3.8) is 0 Å². The van der Waals surface area contributed by atoms with Gasteiger partial charge in [0.25, 0.3) is 5.56 Å². The van der Waals surface area contributed by atoms with Crippen molar-refractivity contribution in [1.29, 1.82) is 0 Å². The van der Waals surface area contributed by atoms with Gasteiger partial charge in [-0.1, -0.05) is 60.7 Å². The number of carbonyl (C=O) groups excluding carboxylic acids is 1. The monoisotopic (exact) mass is 343 g/mol. The second-order valence-electron chi connectivity index (χ2n) is 6.20. The van der Waals surface area contributed by atoms with E-state index in [1.54, 1.807) is 0 Å². The maximum Gasteiger partial charge on any atom is 0.343 e. The molecule has 4 heteroatoms. The third kappa shape index (κ3) is 2.75. The molecule has 1 N–H and O–H groups in total. The number of ether oxygens (including phenoxy) is 1. The number of pyridine rings is 1.